The molecule has 2 amide bonds. The standard InChI is InChI=1S/C12H21N3O2/c1-3-4-5-6-9-8(2)11(16)7-10(9)14-15-12(13)17/h11,16H,3-7H2,1-2H3,(H3,13,15,17)/b14-10-/t11-/m0/s1. The van der Waals surface area contributed by atoms with Crippen LogP contribution in [0.1, 0.15) is 46.0 Å². The lowest BCUT2D eigenvalue weighted by Crippen LogP contribution is -2.26. The van der Waals surface area contributed by atoms with E-state index in [1.165, 1.54) is 0 Å². The number of unbranched alkanes of at least 4 members (excludes halogenated alkanes) is 2. The van der Waals surface area contributed by atoms with E-state index in [2.05, 4.69) is 17.5 Å². The van der Waals surface area contributed by atoms with E-state index in [-0.39, 0.29) is 0 Å². The van der Waals surface area contributed by atoms with Gasteiger partial charge in [-0.2, -0.15) is 5.10 Å². The average molecular weight is 239 g/mol. The molecule has 0 aliphatic heterocycles. The van der Waals surface area contributed by atoms with Gasteiger partial charge in [0.2, 0.25) is 0 Å². The summed E-state index contributed by atoms with van der Waals surface area (Å²) >= 11 is 0. The van der Waals surface area contributed by atoms with Crippen molar-refractivity contribution in [2.75, 3.05) is 0 Å². The van der Waals surface area contributed by atoms with Crippen LogP contribution in [0.2, 0.25) is 0 Å². The van der Waals surface area contributed by atoms with Crippen molar-refractivity contribution in [3.05, 3.63) is 11.1 Å². The molecule has 5 nitrogen and oxygen atoms in total. The highest BCUT2D eigenvalue weighted by Gasteiger charge is 2.25. The number of hydrogen-bond acceptors (Lipinski definition) is 3. The Hall–Kier alpha value is -1.36. The first-order valence-corrected chi connectivity index (χ1v) is 6.06. The van der Waals surface area contributed by atoms with E-state index in [0.717, 1.165) is 42.5 Å². The Balaban J connectivity index is 2.71. The van der Waals surface area contributed by atoms with Crippen LogP contribution in [0.25, 0.3) is 0 Å². The number of aliphatic hydroxyl groups is 1. The molecule has 0 aromatic rings. The highest BCUT2D eigenvalue weighted by atomic mass is 16.3. The zero-order valence-electron chi connectivity index (χ0n) is 10.5. The zero-order chi connectivity index (χ0) is 12.8. The molecule has 0 spiro atoms. The second-order valence-electron chi connectivity index (χ2n) is 4.37. The molecule has 1 aliphatic carbocycles. The SMILES string of the molecule is CCCCCC1=C(C)[C@@H](O)C/C1=N/NC(N)=O. The first kappa shape index (κ1) is 13.7. The highest BCUT2D eigenvalue weighted by Crippen LogP contribution is 2.28. The average Bonchev–Trinajstić information content (AvgIpc) is 2.54. The number of allylic oxidation sites excluding steroid dienone is 1. The summed E-state index contributed by atoms with van der Waals surface area (Å²) in [5.41, 5.74) is 9.99. The number of hydrazone groups is 1. The van der Waals surface area contributed by atoms with Gasteiger partial charge in [-0.15, -0.1) is 0 Å². The molecule has 1 atom stereocenters. The van der Waals surface area contributed by atoms with E-state index >= 15 is 0 Å². The number of aliphatic hydroxyl groups excluding tert-OH is 1. The number of hydrogen-bond donors (Lipinski definition) is 3. The van der Waals surface area contributed by atoms with Crippen LogP contribution in [-0.2, 0) is 0 Å². The van der Waals surface area contributed by atoms with Gasteiger partial charge in [0.15, 0.2) is 0 Å². The first-order valence-electron chi connectivity index (χ1n) is 6.06. The second kappa shape index (κ2) is 6.39. The van der Waals surface area contributed by atoms with E-state index in [9.17, 15) is 9.90 Å². The summed E-state index contributed by atoms with van der Waals surface area (Å²) < 4.78 is 0. The second-order valence-corrected chi connectivity index (χ2v) is 4.37. The number of carbonyl (C=O) groups excluding carboxylic acids is 1. The van der Waals surface area contributed by atoms with Crippen LogP contribution in [0.15, 0.2) is 16.2 Å². The number of nitrogens with zero attached hydrogens (tertiary/aromatic N) is 1. The van der Waals surface area contributed by atoms with Crippen molar-refractivity contribution in [2.45, 2.75) is 52.1 Å². The van der Waals surface area contributed by atoms with Crippen molar-refractivity contribution in [1.82, 2.24) is 5.43 Å². The fourth-order valence-electron chi connectivity index (χ4n) is 2.02. The summed E-state index contributed by atoms with van der Waals surface area (Å²) in [5, 5.41) is 13.7. The van der Waals surface area contributed by atoms with E-state index in [1.54, 1.807) is 0 Å². The van der Waals surface area contributed by atoms with Gasteiger partial charge in [-0.05, 0) is 30.9 Å². The highest BCUT2D eigenvalue weighted by molar-refractivity contribution is 6.04. The Bertz CT molecular complexity index is 348. The number of nitrogens with one attached hydrogen (secondary N) is 1. The third-order valence-corrected chi connectivity index (χ3v) is 3.04. The van der Waals surface area contributed by atoms with Crippen LogP contribution in [0.5, 0.6) is 0 Å². The van der Waals surface area contributed by atoms with Crippen LogP contribution in [-0.4, -0.2) is 23.0 Å². The zero-order valence-corrected chi connectivity index (χ0v) is 10.5. The molecule has 1 rings (SSSR count). The molecule has 96 valence electrons. The minimum absolute atomic E-state index is 0.466. The summed E-state index contributed by atoms with van der Waals surface area (Å²) in [5.74, 6) is 0. The van der Waals surface area contributed by atoms with Gasteiger partial charge in [0.25, 0.3) is 0 Å². The summed E-state index contributed by atoms with van der Waals surface area (Å²) in [6, 6.07) is -0.676. The minimum Gasteiger partial charge on any atom is -0.388 e. The smallest absolute Gasteiger partial charge is 0.332 e. The molecule has 1 aliphatic rings. The molecule has 0 radical (unpaired) electrons. The molecule has 17 heavy (non-hydrogen) atoms. The number of rotatable bonds is 5. The molecule has 0 fully saturated rings. The normalized spacial score (nSPS) is 22.3. The molecule has 0 unspecified atom stereocenters. The lowest BCUT2D eigenvalue weighted by molar-refractivity contribution is 0.223. The maximum atomic E-state index is 10.6. The van der Waals surface area contributed by atoms with E-state index in [1.807, 2.05) is 6.92 Å². The van der Waals surface area contributed by atoms with Crippen molar-refractivity contribution in [1.29, 1.82) is 0 Å². The van der Waals surface area contributed by atoms with Gasteiger partial charge < -0.3 is 10.8 Å². The number of amides is 2. The summed E-state index contributed by atoms with van der Waals surface area (Å²) in [7, 11) is 0. The van der Waals surface area contributed by atoms with Crippen molar-refractivity contribution in [3.63, 3.8) is 0 Å². The van der Waals surface area contributed by atoms with Gasteiger partial charge in [0, 0.05) is 6.42 Å². The predicted octanol–water partition coefficient (Wildman–Crippen LogP) is 1.67. The molecule has 4 N–H and O–H groups in total. The van der Waals surface area contributed by atoms with E-state index in [0.29, 0.717) is 6.42 Å². The predicted molar refractivity (Wildman–Crippen MR) is 67.6 cm³/mol. The minimum atomic E-state index is -0.676. The number of carbonyl (C=O) groups is 1. The molecule has 0 bridgehead atoms. The molecule has 0 saturated carbocycles. The maximum Gasteiger partial charge on any atom is 0.332 e. The topological polar surface area (TPSA) is 87.7 Å². The number of urea groups is 1. The molecule has 0 saturated heterocycles. The van der Waals surface area contributed by atoms with Crippen LogP contribution in [0.3, 0.4) is 0 Å². The Morgan fingerprint density at radius 2 is 2.29 bits per heavy atom. The quantitative estimate of drug-likeness (QED) is 0.503. The number of nitrogens with two attached hydrogens (primary N) is 1. The molecular weight excluding hydrogens is 218 g/mol. The van der Waals surface area contributed by atoms with Crippen molar-refractivity contribution in [3.8, 4) is 0 Å². The van der Waals surface area contributed by atoms with Gasteiger partial charge in [-0.25, -0.2) is 10.2 Å². The summed E-state index contributed by atoms with van der Waals surface area (Å²) in [4.78, 5) is 10.6. The number of primary amides is 1. The van der Waals surface area contributed by atoms with Crippen molar-refractivity contribution >= 4 is 11.7 Å². The fraction of sp³-hybridized carbons (Fsp3) is 0.667. The molecule has 0 heterocycles. The van der Waals surface area contributed by atoms with Crippen LogP contribution in [0.4, 0.5) is 4.79 Å². The maximum absolute atomic E-state index is 10.6. The van der Waals surface area contributed by atoms with Crippen LogP contribution in [0, 0.1) is 0 Å². The van der Waals surface area contributed by atoms with Gasteiger partial charge in [0.1, 0.15) is 0 Å². The van der Waals surface area contributed by atoms with Crippen LogP contribution < -0.4 is 11.2 Å². The Kier molecular flexibility index (Phi) is 5.15. The van der Waals surface area contributed by atoms with Crippen LogP contribution >= 0.6 is 0 Å². The summed E-state index contributed by atoms with van der Waals surface area (Å²) in [6.07, 6.45) is 4.28. The Morgan fingerprint density at radius 3 is 2.88 bits per heavy atom. The van der Waals surface area contributed by atoms with E-state index in [4.69, 9.17) is 5.73 Å². The Labute approximate surface area is 102 Å². The molecule has 0 aromatic carbocycles. The third kappa shape index (κ3) is 3.85. The molecule has 5 heteroatoms. The van der Waals surface area contributed by atoms with Gasteiger partial charge in [-0.1, -0.05) is 19.8 Å². The fourth-order valence-corrected chi connectivity index (χ4v) is 2.02. The van der Waals surface area contributed by atoms with E-state index < -0.39 is 12.1 Å². The van der Waals surface area contributed by atoms with Crippen molar-refractivity contribution in [2.24, 2.45) is 10.8 Å². The van der Waals surface area contributed by atoms with Gasteiger partial charge >= 0.3 is 6.03 Å². The summed E-state index contributed by atoms with van der Waals surface area (Å²) in [6.45, 7) is 4.06. The largest absolute Gasteiger partial charge is 0.388 e. The molecule has 0 aromatic heterocycles. The lowest BCUT2D eigenvalue weighted by atomic mass is 10.0. The van der Waals surface area contributed by atoms with Crippen molar-refractivity contribution < 1.29 is 9.90 Å². The first-order chi connectivity index (χ1) is 8.06. The molecular formula is C12H21N3O2. The third-order valence-electron chi connectivity index (χ3n) is 3.04. The Morgan fingerprint density at radius 1 is 1.59 bits per heavy atom. The lowest BCUT2D eigenvalue weighted by Gasteiger charge is -2.05. The monoisotopic (exact) mass is 239 g/mol. The van der Waals surface area contributed by atoms with Gasteiger partial charge in [0.05, 0.1) is 11.8 Å². The van der Waals surface area contributed by atoms with Gasteiger partial charge in [-0.3, -0.25) is 0 Å².